The molecule has 0 aliphatic heterocycles. The van der Waals surface area contributed by atoms with Crippen molar-refractivity contribution in [3.8, 4) is 17.2 Å². The predicted molar refractivity (Wildman–Crippen MR) is 179 cm³/mol. The summed E-state index contributed by atoms with van der Waals surface area (Å²) in [6.45, 7) is 0. The lowest BCUT2D eigenvalue weighted by atomic mass is 10.0. The van der Waals surface area contributed by atoms with Crippen molar-refractivity contribution in [2.75, 3.05) is 0 Å². The van der Waals surface area contributed by atoms with Gasteiger partial charge in [-0.15, -0.1) is 11.3 Å². The summed E-state index contributed by atoms with van der Waals surface area (Å²) in [6.07, 6.45) is 0. The normalized spacial score (nSPS) is 13.8. The van der Waals surface area contributed by atoms with Crippen molar-refractivity contribution in [3.63, 3.8) is 0 Å². The molecule has 0 saturated carbocycles. The van der Waals surface area contributed by atoms with Gasteiger partial charge in [-0.25, -0.2) is 9.97 Å². The molecule has 4 nitrogen and oxygen atoms in total. The third-order valence-electron chi connectivity index (χ3n) is 8.29. The molecule has 0 amide bonds. The van der Waals surface area contributed by atoms with E-state index in [0.717, 1.165) is 64.6 Å². The summed E-state index contributed by atoms with van der Waals surface area (Å²) in [5.74, 6) is 0.355. The van der Waals surface area contributed by atoms with Gasteiger partial charge in [0.25, 0.3) is 0 Å². The molecule has 0 N–H and O–H groups in total. The zero-order valence-electron chi connectivity index (χ0n) is 27.4. The van der Waals surface area contributed by atoms with Crippen LogP contribution in [0.25, 0.3) is 92.0 Å². The third kappa shape index (κ3) is 3.20. The van der Waals surface area contributed by atoms with E-state index in [2.05, 4.69) is 30.3 Å². The first-order valence-corrected chi connectivity index (χ1v) is 14.7. The molecular weight excluding hydrogens is 547 g/mol. The number of furan rings is 1. The molecule has 0 fully saturated rings. The fourth-order valence-electron chi connectivity index (χ4n) is 6.44. The lowest BCUT2D eigenvalue weighted by Gasteiger charge is -2.10. The number of fused-ring (bicyclic) bond motifs is 11. The minimum absolute atomic E-state index is 0.0571. The van der Waals surface area contributed by atoms with Gasteiger partial charge in [0.1, 0.15) is 11.2 Å². The van der Waals surface area contributed by atoms with Crippen LogP contribution in [0.5, 0.6) is 0 Å². The Morgan fingerprint density at radius 1 is 0.651 bits per heavy atom. The summed E-state index contributed by atoms with van der Waals surface area (Å²) < 4.78 is 52.6. The van der Waals surface area contributed by atoms with Crippen LogP contribution in [0.15, 0.2) is 132 Å². The van der Waals surface area contributed by atoms with Gasteiger partial charge in [-0.2, -0.15) is 0 Å². The Morgan fingerprint density at radius 3 is 2.35 bits per heavy atom. The van der Waals surface area contributed by atoms with Gasteiger partial charge >= 0.3 is 0 Å². The molecule has 5 heteroatoms. The number of para-hydroxylation sites is 2. The SMILES string of the molecule is [2H]c1c([2H])c([2H])c(-c2nc(-n3c4ccccc4c4cc5c(ccc6oc7ccccc7c65)cc43)nc3c2sc2ccccc23)c([2H])c1[2H]. The van der Waals surface area contributed by atoms with E-state index in [9.17, 15) is 0 Å². The number of hydrogen-bond donors (Lipinski definition) is 0. The predicted octanol–water partition coefficient (Wildman–Crippen LogP) is 10.7. The number of hydrogen-bond acceptors (Lipinski definition) is 4. The number of benzene rings is 6. The number of rotatable bonds is 2. The molecule has 0 unspecified atom stereocenters. The molecule has 0 aliphatic carbocycles. The van der Waals surface area contributed by atoms with Crippen molar-refractivity contribution in [2.24, 2.45) is 0 Å². The Morgan fingerprint density at radius 2 is 1.44 bits per heavy atom. The van der Waals surface area contributed by atoms with Crippen LogP contribution in [0.2, 0.25) is 0 Å². The summed E-state index contributed by atoms with van der Waals surface area (Å²) in [7, 11) is 0. The van der Waals surface area contributed by atoms with E-state index in [1.54, 1.807) is 0 Å². The van der Waals surface area contributed by atoms with Crippen LogP contribution in [0.1, 0.15) is 6.85 Å². The maximum Gasteiger partial charge on any atom is 0.235 e. The average Bonchev–Trinajstić information content (AvgIpc) is 3.78. The minimum atomic E-state index is -0.440. The molecule has 4 aromatic heterocycles. The molecular formula is C38H21N3OS. The van der Waals surface area contributed by atoms with Crippen LogP contribution < -0.4 is 0 Å². The van der Waals surface area contributed by atoms with Gasteiger partial charge in [0.15, 0.2) is 0 Å². The topological polar surface area (TPSA) is 43.9 Å². The summed E-state index contributed by atoms with van der Waals surface area (Å²) in [6, 6.07) is 30.7. The lowest BCUT2D eigenvalue weighted by Crippen LogP contribution is -2.02. The van der Waals surface area contributed by atoms with E-state index in [1.165, 1.54) is 11.3 Å². The summed E-state index contributed by atoms with van der Waals surface area (Å²) in [5, 5.41) is 7.17. The van der Waals surface area contributed by atoms with Gasteiger partial charge < -0.3 is 4.42 Å². The fraction of sp³-hybridized carbons (Fsp3) is 0. The quantitative estimate of drug-likeness (QED) is 0.207. The second-order valence-corrected chi connectivity index (χ2v) is 11.7. The highest BCUT2D eigenvalue weighted by Crippen LogP contribution is 2.42. The van der Waals surface area contributed by atoms with E-state index in [0.29, 0.717) is 21.9 Å². The Labute approximate surface area is 256 Å². The standard InChI is InChI=1S/C38H21N3OS/c1-2-10-22(11-3-1)35-37-36(26-14-6-9-17-33(26)43-37)40-38(39-35)41-29-15-7-4-12-24(29)28-21-27-23(20-30(28)41)18-19-32-34(27)25-13-5-8-16-31(25)42-32/h1-21H/i1D,2D,3D,10D,11D. The van der Waals surface area contributed by atoms with Crippen LogP contribution in [0.4, 0.5) is 0 Å². The molecule has 43 heavy (non-hydrogen) atoms. The van der Waals surface area contributed by atoms with Crippen molar-refractivity contribution >= 4 is 86.2 Å². The van der Waals surface area contributed by atoms with Gasteiger partial charge in [0.2, 0.25) is 5.95 Å². The first-order valence-electron chi connectivity index (χ1n) is 16.4. The van der Waals surface area contributed by atoms with Gasteiger partial charge in [-0.05, 0) is 47.2 Å². The maximum atomic E-state index is 8.85. The molecule has 0 radical (unpaired) electrons. The first-order chi connectivity index (χ1) is 23.4. The van der Waals surface area contributed by atoms with Crippen molar-refractivity contribution in [1.29, 1.82) is 0 Å². The average molecular weight is 573 g/mol. The van der Waals surface area contributed by atoms with Gasteiger partial charge in [0.05, 0.1) is 33.8 Å². The van der Waals surface area contributed by atoms with E-state index in [1.807, 2.05) is 71.3 Å². The molecule has 0 bridgehead atoms. The zero-order chi connectivity index (χ0) is 32.4. The van der Waals surface area contributed by atoms with E-state index >= 15 is 0 Å². The molecule has 10 rings (SSSR count). The molecule has 6 aromatic carbocycles. The van der Waals surface area contributed by atoms with Crippen LogP contribution in [-0.2, 0) is 0 Å². The Hall–Kier alpha value is -5.52. The second-order valence-electron chi connectivity index (χ2n) is 10.6. The third-order valence-corrected chi connectivity index (χ3v) is 9.46. The van der Waals surface area contributed by atoms with Gasteiger partial charge in [0, 0.05) is 37.2 Å². The highest BCUT2D eigenvalue weighted by Gasteiger charge is 2.21. The maximum absolute atomic E-state index is 8.85. The van der Waals surface area contributed by atoms with Gasteiger partial charge in [-0.1, -0.05) is 90.9 Å². The molecule has 4 heterocycles. The first kappa shape index (κ1) is 18.8. The highest BCUT2D eigenvalue weighted by atomic mass is 32.1. The monoisotopic (exact) mass is 572 g/mol. The Balaban J connectivity index is 1.36. The van der Waals surface area contributed by atoms with Crippen molar-refractivity contribution < 1.29 is 11.3 Å². The molecule has 200 valence electrons. The summed E-state index contributed by atoms with van der Waals surface area (Å²) in [4.78, 5) is 10.3. The highest BCUT2D eigenvalue weighted by molar-refractivity contribution is 7.26. The van der Waals surface area contributed by atoms with Crippen molar-refractivity contribution in [2.45, 2.75) is 0 Å². The molecule has 0 atom stereocenters. The van der Waals surface area contributed by atoms with E-state index < -0.39 is 18.1 Å². The van der Waals surface area contributed by atoms with Crippen LogP contribution >= 0.6 is 11.3 Å². The zero-order valence-corrected chi connectivity index (χ0v) is 23.2. The van der Waals surface area contributed by atoms with Crippen molar-refractivity contribution in [3.05, 3.63) is 127 Å². The van der Waals surface area contributed by atoms with Crippen LogP contribution in [0.3, 0.4) is 0 Å². The second kappa shape index (κ2) is 8.51. The molecule has 10 aromatic rings. The molecule has 0 spiro atoms. The number of nitrogens with zero attached hydrogens (tertiary/aromatic N) is 3. The Kier molecular flexibility index (Phi) is 3.72. The van der Waals surface area contributed by atoms with E-state index in [4.69, 9.17) is 21.2 Å². The van der Waals surface area contributed by atoms with Gasteiger partial charge in [-0.3, -0.25) is 4.57 Å². The van der Waals surface area contributed by atoms with Crippen LogP contribution in [-0.4, -0.2) is 14.5 Å². The molecule has 0 saturated heterocycles. The minimum Gasteiger partial charge on any atom is -0.456 e. The smallest absolute Gasteiger partial charge is 0.235 e. The van der Waals surface area contributed by atoms with Crippen LogP contribution in [0, 0.1) is 0 Å². The Bertz CT molecular complexity index is 3000. The molecule has 0 aliphatic rings. The number of aromatic nitrogens is 3. The summed E-state index contributed by atoms with van der Waals surface area (Å²) in [5.41, 5.74) is 4.48. The number of thiophene rings is 1. The summed E-state index contributed by atoms with van der Waals surface area (Å²) >= 11 is 1.46. The fourth-order valence-corrected chi connectivity index (χ4v) is 7.58. The van der Waals surface area contributed by atoms with E-state index in [-0.39, 0.29) is 17.6 Å². The van der Waals surface area contributed by atoms with Crippen molar-refractivity contribution in [1.82, 2.24) is 14.5 Å². The lowest BCUT2D eigenvalue weighted by molar-refractivity contribution is 0.669. The largest absolute Gasteiger partial charge is 0.456 e.